The summed E-state index contributed by atoms with van der Waals surface area (Å²) in [6.45, 7) is 1.91. The van der Waals surface area contributed by atoms with Crippen LogP contribution >= 0.6 is 23.4 Å². The molecule has 4 aromatic carbocycles. The van der Waals surface area contributed by atoms with Crippen LogP contribution in [0.15, 0.2) is 95.9 Å². The molecule has 0 fully saturated rings. The Morgan fingerprint density at radius 1 is 0.789 bits per heavy atom. The van der Waals surface area contributed by atoms with E-state index in [2.05, 4.69) is 10.6 Å². The van der Waals surface area contributed by atoms with Crippen molar-refractivity contribution in [1.82, 2.24) is 0 Å². The molecule has 2 N–H and O–H groups in total. The van der Waals surface area contributed by atoms with Crippen molar-refractivity contribution in [1.29, 1.82) is 0 Å². The van der Waals surface area contributed by atoms with Gasteiger partial charge in [0.05, 0.1) is 14.2 Å². The van der Waals surface area contributed by atoms with Gasteiger partial charge in [-0.1, -0.05) is 54.1 Å². The first-order valence-corrected chi connectivity index (χ1v) is 13.1. The van der Waals surface area contributed by atoms with Crippen molar-refractivity contribution in [3.63, 3.8) is 0 Å². The zero-order valence-corrected chi connectivity index (χ0v) is 22.7. The van der Waals surface area contributed by atoms with Crippen molar-refractivity contribution in [3.05, 3.63) is 113 Å². The van der Waals surface area contributed by atoms with E-state index in [-0.39, 0.29) is 11.8 Å². The maximum absolute atomic E-state index is 13.3. The molecule has 0 heterocycles. The first-order chi connectivity index (χ1) is 18.4. The third-order valence-corrected chi connectivity index (χ3v) is 7.47. The van der Waals surface area contributed by atoms with Crippen LogP contribution in [0, 0.1) is 6.92 Å². The number of halogens is 1. The minimum Gasteiger partial charge on any atom is -0.496 e. The van der Waals surface area contributed by atoms with Crippen LogP contribution in [0.2, 0.25) is 5.02 Å². The summed E-state index contributed by atoms with van der Waals surface area (Å²) in [6, 6.07) is 27.5. The molecule has 4 aromatic rings. The molecule has 0 aliphatic heterocycles. The Balaban J connectivity index is 1.51. The molecule has 0 spiro atoms. The minimum atomic E-state index is -0.505. The molecule has 4 rings (SSSR count). The van der Waals surface area contributed by atoms with Crippen LogP contribution in [-0.2, 0) is 4.79 Å². The summed E-state index contributed by atoms with van der Waals surface area (Å²) < 4.78 is 10.7. The average Bonchev–Trinajstić information content (AvgIpc) is 2.94. The van der Waals surface area contributed by atoms with E-state index in [4.69, 9.17) is 21.1 Å². The van der Waals surface area contributed by atoms with Crippen LogP contribution in [0.5, 0.6) is 11.5 Å². The molecule has 194 valence electrons. The Kier molecular flexibility index (Phi) is 8.94. The van der Waals surface area contributed by atoms with Crippen molar-refractivity contribution < 1.29 is 19.1 Å². The fourth-order valence-electron chi connectivity index (χ4n) is 3.80. The predicted octanol–water partition coefficient (Wildman–Crippen LogP) is 7.39. The Morgan fingerprint density at radius 3 is 2.03 bits per heavy atom. The van der Waals surface area contributed by atoms with E-state index in [9.17, 15) is 9.59 Å². The van der Waals surface area contributed by atoms with Crippen LogP contribution in [0.3, 0.4) is 0 Å². The number of aryl methyl sites for hydroxylation is 1. The highest BCUT2D eigenvalue weighted by Gasteiger charge is 2.23. The van der Waals surface area contributed by atoms with E-state index in [0.717, 1.165) is 16.0 Å². The van der Waals surface area contributed by atoms with Gasteiger partial charge in [-0.15, -0.1) is 11.8 Å². The standard InChI is InChI=1S/C30H27ClN2O4S/c1-19-12-13-22(18-24(19)31)33-30(35)28(20-8-5-4-6-9-20)38-23-16-14-21(15-17-23)32-29(34)27-25(36-2)10-7-11-26(27)37-3/h4-18,28H,1-3H3,(H,32,34)(H,33,35). The smallest absolute Gasteiger partial charge is 0.263 e. The highest BCUT2D eigenvalue weighted by Crippen LogP contribution is 2.37. The summed E-state index contributed by atoms with van der Waals surface area (Å²) in [5.41, 5.74) is 3.36. The van der Waals surface area contributed by atoms with Gasteiger partial charge in [-0.3, -0.25) is 9.59 Å². The summed E-state index contributed by atoms with van der Waals surface area (Å²) in [5, 5.41) is 5.95. The van der Waals surface area contributed by atoms with Crippen LogP contribution in [0.1, 0.15) is 26.7 Å². The lowest BCUT2D eigenvalue weighted by atomic mass is 10.1. The molecule has 1 unspecified atom stereocenters. The van der Waals surface area contributed by atoms with Gasteiger partial charge in [0.1, 0.15) is 22.3 Å². The minimum absolute atomic E-state index is 0.165. The van der Waals surface area contributed by atoms with Gasteiger partial charge < -0.3 is 20.1 Å². The summed E-state index contributed by atoms with van der Waals surface area (Å²) >= 11 is 7.66. The number of carbonyl (C=O) groups is 2. The van der Waals surface area contributed by atoms with Crippen LogP contribution in [-0.4, -0.2) is 26.0 Å². The Morgan fingerprint density at radius 2 is 1.42 bits per heavy atom. The van der Waals surface area contributed by atoms with Crippen LogP contribution in [0.4, 0.5) is 11.4 Å². The van der Waals surface area contributed by atoms with E-state index in [0.29, 0.717) is 33.5 Å². The summed E-state index contributed by atoms with van der Waals surface area (Å²) in [6.07, 6.45) is 0. The Bertz CT molecular complexity index is 1410. The number of hydrogen-bond donors (Lipinski definition) is 2. The molecule has 38 heavy (non-hydrogen) atoms. The van der Waals surface area contributed by atoms with Gasteiger partial charge in [-0.25, -0.2) is 0 Å². The number of carbonyl (C=O) groups excluding carboxylic acids is 2. The number of benzene rings is 4. The van der Waals surface area contributed by atoms with Crippen molar-refractivity contribution in [3.8, 4) is 11.5 Å². The quantitative estimate of drug-likeness (QED) is 0.214. The van der Waals surface area contributed by atoms with Gasteiger partial charge in [0.25, 0.3) is 5.91 Å². The van der Waals surface area contributed by atoms with E-state index in [1.807, 2.05) is 61.5 Å². The first kappa shape index (κ1) is 27.1. The van der Waals surface area contributed by atoms with Gasteiger partial charge in [0, 0.05) is 21.3 Å². The summed E-state index contributed by atoms with van der Waals surface area (Å²) in [7, 11) is 3.01. The monoisotopic (exact) mass is 546 g/mol. The van der Waals surface area contributed by atoms with Crippen LogP contribution < -0.4 is 20.1 Å². The molecule has 0 bridgehead atoms. The zero-order valence-electron chi connectivity index (χ0n) is 21.2. The number of methoxy groups -OCH3 is 2. The topological polar surface area (TPSA) is 76.7 Å². The molecule has 0 saturated heterocycles. The first-order valence-electron chi connectivity index (χ1n) is 11.8. The van der Waals surface area contributed by atoms with Crippen molar-refractivity contribution in [2.24, 2.45) is 0 Å². The molecule has 6 nitrogen and oxygen atoms in total. The fraction of sp³-hybridized carbons (Fsp3) is 0.133. The van der Waals surface area contributed by atoms with Crippen molar-refractivity contribution >= 4 is 46.6 Å². The van der Waals surface area contributed by atoms with E-state index in [1.54, 1.807) is 36.4 Å². The highest BCUT2D eigenvalue weighted by molar-refractivity contribution is 8.00. The normalized spacial score (nSPS) is 11.4. The van der Waals surface area contributed by atoms with Crippen molar-refractivity contribution in [2.75, 3.05) is 24.9 Å². The molecule has 0 aromatic heterocycles. The largest absolute Gasteiger partial charge is 0.496 e. The second-order valence-electron chi connectivity index (χ2n) is 8.38. The molecular weight excluding hydrogens is 520 g/mol. The maximum atomic E-state index is 13.3. The number of amides is 2. The van der Waals surface area contributed by atoms with E-state index in [1.165, 1.54) is 26.0 Å². The number of hydrogen-bond acceptors (Lipinski definition) is 5. The lowest BCUT2D eigenvalue weighted by Crippen LogP contribution is -2.19. The second-order valence-corrected chi connectivity index (χ2v) is 9.96. The number of nitrogens with one attached hydrogen (secondary N) is 2. The zero-order chi connectivity index (χ0) is 27.1. The third-order valence-electron chi connectivity index (χ3n) is 5.80. The number of thioether (sulfide) groups is 1. The number of ether oxygens (including phenoxy) is 2. The Hall–Kier alpha value is -3.94. The maximum Gasteiger partial charge on any atom is 0.263 e. The lowest BCUT2D eigenvalue weighted by molar-refractivity contribution is -0.115. The van der Waals surface area contributed by atoms with Crippen LogP contribution in [0.25, 0.3) is 0 Å². The third kappa shape index (κ3) is 6.49. The number of anilines is 2. The summed E-state index contributed by atoms with van der Waals surface area (Å²) in [4.78, 5) is 27.2. The second kappa shape index (κ2) is 12.5. The molecule has 1 atom stereocenters. The van der Waals surface area contributed by atoms with Gasteiger partial charge in [-0.05, 0) is 66.6 Å². The Labute approximate surface area is 231 Å². The predicted molar refractivity (Wildman–Crippen MR) is 154 cm³/mol. The van der Waals surface area contributed by atoms with Crippen molar-refractivity contribution in [2.45, 2.75) is 17.1 Å². The van der Waals surface area contributed by atoms with E-state index < -0.39 is 5.25 Å². The van der Waals surface area contributed by atoms with Gasteiger partial charge >= 0.3 is 0 Å². The average molecular weight is 547 g/mol. The summed E-state index contributed by atoms with van der Waals surface area (Å²) in [5.74, 6) is 0.320. The molecule has 0 radical (unpaired) electrons. The molecule has 0 aliphatic rings. The SMILES string of the molecule is COc1cccc(OC)c1C(=O)Nc1ccc(SC(C(=O)Nc2ccc(C)c(Cl)c2)c2ccccc2)cc1. The number of rotatable bonds is 9. The molecular formula is C30H27ClN2O4S. The molecule has 0 aliphatic carbocycles. The van der Waals surface area contributed by atoms with Gasteiger partial charge in [0.2, 0.25) is 5.91 Å². The highest BCUT2D eigenvalue weighted by atomic mass is 35.5. The molecule has 2 amide bonds. The van der Waals surface area contributed by atoms with E-state index >= 15 is 0 Å². The lowest BCUT2D eigenvalue weighted by Gasteiger charge is -2.18. The van der Waals surface area contributed by atoms with Gasteiger partial charge in [0.15, 0.2) is 0 Å². The van der Waals surface area contributed by atoms with Gasteiger partial charge in [-0.2, -0.15) is 0 Å². The fourth-order valence-corrected chi connectivity index (χ4v) is 5.01. The molecule has 8 heteroatoms. The molecule has 0 saturated carbocycles.